The molecular formula is C17H14BrNOS. The molecule has 1 aromatic heterocycles. The molecule has 4 heteroatoms. The number of nitrogens with zero attached hydrogens (tertiary/aromatic N) is 1. The number of rotatable bonds is 3. The largest absolute Gasteiger partial charge is 0.294 e. The fraction of sp³-hybridized carbons (Fsp3) is 0.176. The predicted octanol–water partition coefficient (Wildman–Crippen LogP) is 5.10. The van der Waals surface area contributed by atoms with Crippen molar-refractivity contribution in [3.05, 3.63) is 62.6 Å². The molecule has 2 aromatic carbocycles. The molecule has 0 saturated carbocycles. The number of aryl methyl sites for hydroxylation is 2. The molecule has 3 aromatic rings. The van der Waals surface area contributed by atoms with Crippen LogP contribution in [0, 0.1) is 13.8 Å². The number of carbonyl (C=O) groups is 1. The van der Waals surface area contributed by atoms with E-state index in [9.17, 15) is 4.79 Å². The van der Waals surface area contributed by atoms with Crippen LogP contribution in [0.3, 0.4) is 0 Å². The Labute approximate surface area is 136 Å². The van der Waals surface area contributed by atoms with E-state index < -0.39 is 0 Å². The molecule has 0 fully saturated rings. The summed E-state index contributed by atoms with van der Waals surface area (Å²) >= 11 is 5.12. The SMILES string of the molecule is Cc1cc(C(=O)Cc2nc3ccccc3s2)cc(C)c1Br. The maximum Gasteiger partial charge on any atom is 0.169 e. The minimum atomic E-state index is 0.118. The summed E-state index contributed by atoms with van der Waals surface area (Å²) in [5, 5.41) is 0.874. The van der Waals surface area contributed by atoms with Crippen molar-refractivity contribution in [3.63, 3.8) is 0 Å². The topological polar surface area (TPSA) is 30.0 Å². The van der Waals surface area contributed by atoms with E-state index in [1.165, 1.54) is 0 Å². The van der Waals surface area contributed by atoms with Crippen LogP contribution in [-0.4, -0.2) is 10.8 Å². The average Bonchev–Trinajstić information content (AvgIpc) is 2.86. The number of para-hydroxylation sites is 1. The summed E-state index contributed by atoms with van der Waals surface area (Å²) in [4.78, 5) is 17.0. The van der Waals surface area contributed by atoms with Gasteiger partial charge in [-0.05, 0) is 49.2 Å². The fourth-order valence-corrected chi connectivity index (χ4v) is 3.54. The number of aromatic nitrogens is 1. The zero-order valence-electron chi connectivity index (χ0n) is 11.8. The van der Waals surface area contributed by atoms with Gasteiger partial charge in [0.2, 0.25) is 0 Å². The quantitative estimate of drug-likeness (QED) is 0.608. The summed E-state index contributed by atoms with van der Waals surface area (Å²) in [6, 6.07) is 11.9. The number of ketones is 1. The van der Waals surface area contributed by atoms with Crippen molar-refractivity contribution < 1.29 is 4.79 Å². The minimum Gasteiger partial charge on any atom is -0.294 e. The maximum atomic E-state index is 12.5. The van der Waals surface area contributed by atoms with Gasteiger partial charge in [-0.15, -0.1) is 11.3 Å². The fourth-order valence-electron chi connectivity index (χ4n) is 2.34. The summed E-state index contributed by atoms with van der Waals surface area (Å²) < 4.78 is 2.20. The van der Waals surface area contributed by atoms with Gasteiger partial charge in [0.1, 0.15) is 5.01 Å². The molecule has 1 heterocycles. The van der Waals surface area contributed by atoms with E-state index in [1.54, 1.807) is 11.3 Å². The van der Waals surface area contributed by atoms with Gasteiger partial charge in [0, 0.05) is 10.0 Å². The van der Waals surface area contributed by atoms with E-state index in [4.69, 9.17) is 0 Å². The van der Waals surface area contributed by atoms with Crippen LogP contribution >= 0.6 is 27.3 Å². The van der Waals surface area contributed by atoms with Crippen LogP contribution in [0.15, 0.2) is 40.9 Å². The molecule has 0 atom stereocenters. The van der Waals surface area contributed by atoms with Crippen LogP contribution in [-0.2, 0) is 6.42 Å². The number of carbonyl (C=O) groups excluding carboxylic acids is 1. The van der Waals surface area contributed by atoms with Crippen molar-refractivity contribution in [3.8, 4) is 0 Å². The van der Waals surface area contributed by atoms with E-state index in [1.807, 2.05) is 50.2 Å². The molecule has 106 valence electrons. The Kier molecular flexibility index (Phi) is 3.91. The lowest BCUT2D eigenvalue weighted by atomic mass is 10.0. The molecule has 3 rings (SSSR count). The molecule has 0 aliphatic heterocycles. The lowest BCUT2D eigenvalue weighted by molar-refractivity contribution is 0.0993. The second-order valence-electron chi connectivity index (χ2n) is 5.10. The van der Waals surface area contributed by atoms with Crippen molar-refractivity contribution in [2.45, 2.75) is 20.3 Å². The highest BCUT2D eigenvalue weighted by atomic mass is 79.9. The zero-order valence-corrected chi connectivity index (χ0v) is 14.2. The standard InChI is InChI=1S/C17H14BrNOS/c1-10-7-12(8-11(2)17(10)18)14(20)9-16-19-13-5-3-4-6-15(13)21-16/h3-8H,9H2,1-2H3. The second-order valence-corrected chi connectivity index (χ2v) is 7.01. The summed E-state index contributed by atoms with van der Waals surface area (Å²) in [7, 11) is 0. The van der Waals surface area contributed by atoms with E-state index in [-0.39, 0.29) is 5.78 Å². The monoisotopic (exact) mass is 359 g/mol. The third-order valence-electron chi connectivity index (χ3n) is 3.41. The van der Waals surface area contributed by atoms with Gasteiger partial charge in [0.15, 0.2) is 5.78 Å². The number of Topliss-reactive ketones (excluding diaryl/α,β-unsaturated/α-hetero) is 1. The lowest BCUT2D eigenvalue weighted by Crippen LogP contribution is -2.04. The first kappa shape index (κ1) is 14.4. The van der Waals surface area contributed by atoms with Crippen LogP contribution in [0.4, 0.5) is 0 Å². The van der Waals surface area contributed by atoms with Crippen LogP contribution in [0.2, 0.25) is 0 Å². The maximum absolute atomic E-state index is 12.5. The van der Waals surface area contributed by atoms with E-state index in [2.05, 4.69) is 20.9 Å². The second kappa shape index (κ2) is 5.70. The average molecular weight is 360 g/mol. The Balaban J connectivity index is 1.89. The molecule has 0 aliphatic rings. The number of hydrogen-bond donors (Lipinski definition) is 0. The molecule has 0 bridgehead atoms. The predicted molar refractivity (Wildman–Crippen MR) is 91.3 cm³/mol. The molecule has 0 amide bonds. The van der Waals surface area contributed by atoms with E-state index in [0.717, 1.165) is 36.4 Å². The van der Waals surface area contributed by atoms with Gasteiger partial charge in [0.05, 0.1) is 16.6 Å². The van der Waals surface area contributed by atoms with Crippen LogP contribution < -0.4 is 0 Å². The van der Waals surface area contributed by atoms with Crippen LogP contribution in [0.1, 0.15) is 26.5 Å². The van der Waals surface area contributed by atoms with Crippen molar-refractivity contribution in [2.75, 3.05) is 0 Å². The Hall–Kier alpha value is -1.52. The Morgan fingerprint density at radius 2 is 1.86 bits per heavy atom. The van der Waals surface area contributed by atoms with Gasteiger partial charge in [-0.3, -0.25) is 4.79 Å². The first-order valence-electron chi connectivity index (χ1n) is 6.69. The number of halogens is 1. The van der Waals surface area contributed by atoms with Gasteiger partial charge >= 0.3 is 0 Å². The minimum absolute atomic E-state index is 0.118. The smallest absolute Gasteiger partial charge is 0.169 e. The van der Waals surface area contributed by atoms with Gasteiger partial charge < -0.3 is 0 Å². The van der Waals surface area contributed by atoms with Gasteiger partial charge in [-0.2, -0.15) is 0 Å². The molecule has 0 spiro atoms. The van der Waals surface area contributed by atoms with E-state index >= 15 is 0 Å². The molecule has 0 saturated heterocycles. The first-order chi connectivity index (χ1) is 10.0. The normalized spacial score (nSPS) is 11.0. The van der Waals surface area contributed by atoms with Crippen molar-refractivity contribution in [1.29, 1.82) is 0 Å². The number of hydrogen-bond acceptors (Lipinski definition) is 3. The van der Waals surface area contributed by atoms with Crippen molar-refractivity contribution in [2.24, 2.45) is 0 Å². The highest BCUT2D eigenvalue weighted by Gasteiger charge is 2.13. The van der Waals surface area contributed by atoms with Crippen molar-refractivity contribution in [1.82, 2.24) is 4.98 Å². The summed E-state index contributed by atoms with van der Waals surface area (Å²) in [6.45, 7) is 4.01. The third kappa shape index (κ3) is 2.92. The molecule has 0 N–H and O–H groups in total. The van der Waals surface area contributed by atoms with Gasteiger partial charge in [0.25, 0.3) is 0 Å². The zero-order chi connectivity index (χ0) is 15.0. The van der Waals surface area contributed by atoms with Crippen molar-refractivity contribution >= 4 is 43.3 Å². The van der Waals surface area contributed by atoms with Gasteiger partial charge in [-0.25, -0.2) is 4.98 Å². The Morgan fingerprint density at radius 3 is 2.52 bits per heavy atom. The number of fused-ring (bicyclic) bond motifs is 1. The highest BCUT2D eigenvalue weighted by Crippen LogP contribution is 2.25. The highest BCUT2D eigenvalue weighted by molar-refractivity contribution is 9.10. The Bertz CT molecular complexity index is 782. The van der Waals surface area contributed by atoms with Crippen LogP contribution in [0.5, 0.6) is 0 Å². The molecule has 2 nitrogen and oxygen atoms in total. The molecule has 21 heavy (non-hydrogen) atoms. The summed E-state index contributed by atoms with van der Waals surface area (Å²) in [6.07, 6.45) is 0.361. The third-order valence-corrected chi connectivity index (χ3v) is 5.70. The molecule has 0 aliphatic carbocycles. The summed E-state index contributed by atoms with van der Waals surface area (Å²) in [5.41, 5.74) is 3.89. The van der Waals surface area contributed by atoms with Gasteiger partial charge in [-0.1, -0.05) is 28.1 Å². The summed E-state index contributed by atoms with van der Waals surface area (Å²) in [5.74, 6) is 0.118. The van der Waals surface area contributed by atoms with Crippen LogP contribution in [0.25, 0.3) is 10.2 Å². The Morgan fingerprint density at radius 1 is 1.19 bits per heavy atom. The number of benzene rings is 2. The molecular weight excluding hydrogens is 346 g/mol. The van der Waals surface area contributed by atoms with E-state index in [0.29, 0.717) is 6.42 Å². The number of thiazole rings is 1. The lowest BCUT2D eigenvalue weighted by Gasteiger charge is -2.06. The first-order valence-corrected chi connectivity index (χ1v) is 8.30. The molecule has 0 unspecified atom stereocenters. The molecule has 0 radical (unpaired) electrons.